The van der Waals surface area contributed by atoms with Crippen molar-refractivity contribution < 1.29 is 9.53 Å². The molecule has 0 bridgehead atoms. The maximum Gasteiger partial charge on any atom is 0.255 e. The Labute approximate surface area is 174 Å². The van der Waals surface area contributed by atoms with E-state index in [1.807, 2.05) is 49.4 Å². The van der Waals surface area contributed by atoms with Gasteiger partial charge in [-0.1, -0.05) is 19.1 Å². The normalized spacial score (nSPS) is 10.8. The Hall–Kier alpha value is -3.18. The minimum absolute atomic E-state index is 0.136. The molecule has 0 fully saturated rings. The number of amides is 1. The molecule has 4 rings (SSSR count). The van der Waals surface area contributed by atoms with Crippen LogP contribution < -0.4 is 10.1 Å². The average molecular weight is 403 g/mol. The van der Waals surface area contributed by atoms with Gasteiger partial charge in [0, 0.05) is 16.8 Å². The molecule has 0 aliphatic heterocycles. The molecule has 1 N–H and O–H groups in total. The van der Waals surface area contributed by atoms with E-state index in [1.54, 1.807) is 23.5 Å². The molecule has 4 aromatic rings. The zero-order valence-electron chi connectivity index (χ0n) is 16.4. The number of para-hydroxylation sites is 1. The van der Waals surface area contributed by atoms with Crippen LogP contribution in [0.1, 0.15) is 29.3 Å². The van der Waals surface area contributed by atoms with E-state index in [4.69, 9.17) is 9.72 Å². The van der Waals surface area contributed by atoms with Crippen molar-refractivity contribution in [2.45, 2.75) is 20.3 Å². The number of anilines is 1. The molecular weight excluding hydrogens is 380 g/mol. The third-order valence-corrected chi connectivity index (χ3v) is 5.69. The van der Waals surface area contributed by atoms with Crippen LogP contribution in [-0.2, 0) is 0 Å². The first-order valence-electron chi connectivity index (χ1n) is 9.65. The third-order valence-electron chi connectivity index (χ3n) is 4.60. The maximum atomic E-state index is 12.6. The number of hydrogen-bond donors (Lipinski definition) is 1. The summed E-state index contributed by atoms with van der Waals surface area (Å²) >= 11 is 1.67. The number of hydrogen-bond acceptors (Lipinski definition) is 4. The molecule has 146 valence electrons. The van der Waals surface area contributed by atoms with E-state index < -0.39 is 0 Å². The largest absolute Gasteiger partial charge is 0.494 e. The number of rotatable bonds is 6. The second-order valence-corrected chi connectivity index (χ2v) is 7.87. The van der Waals surface area contributed by atoms with E-state index in [0.717, 1.165) is 39.5 Å². The van der Waals surface area contributed by atoms with Crippen LogP contribution >= 0.6 is 11.3 Å². The summed E-state index contributed by atoms with van der Waals surface area (Å²) < 4.78 is 6.74. The number of thiazole rings is 1. The Balaban J connectivity index is 1.50. The van der Waals surface area contributed by atoms with Crippen LogP contribution in [-0.4, -0.2) is 17.5 Å². The van der Waals surface area contributed by atoms with Gasteiger partial charge in [0.05, 0.1) is 16.8 Å². The highest BCUT2D eigenvalue weighted by Crippen LogP contribution is 2.32. The van der Waals surface area contributed by atoms with Gasteiger partial charge in [-0.2, -0.15) is 0 Å². The van der Waals surface area contributed by atoms with Crippen LogP contribution in [0.15, 0.2) is 66.7 Å². The molecule has 4 nitrogen and oxygen atoms in total. The van der Waals surface area contributed by atoms with Crippen LogP contribution in [0.3, 0.4) is 0 Å². The highest BCUT2D eigenvalue weighted by atomic mass is 32.1. The average Bonchev–Trinajstić information content (AvgIpc) is 3.18. The van der Waals surface area contributed by atoms with E-state index in [0.29, 0.717) is 12.2 Å². The van der Waals surface area contributed by atoms with Gasteiger partial charge >= 0.3 is 0 Å². The lowest BCUT2D eigenvalue weighted by molar-refractivity contribution is 0.102. The second-order valence-electron chi connectivity index (χ2n) is 6.84. The molecule has 1 heterocycles. The van der Waals surface area contributed by atoms with Gasteiger partial charge in [-0.25, -0.2) is 4.98 Å². The Bertz CT molecular complexity index is 1120. The number of carbonyl (C=O) groups excluding carboxylic acids is 1. The predicted octanol–water partition coefficient (Wildman–Crippen LogP) is 6.31. The minimum atomic E-state index is -0.136. The first-order chi connectivity index (χ1) is 14.1. The topological polar surface area (TPSA) is 51.2 Å². The van der Waals surface area contributed by atoms with E-state index in [2.05, 4.69) is 24.4 Å². The first kappa shape index (κ1) is 19.2. The smallest absolute Gasteiger partial charge is 0.255 e. The number of ether oxygens (including phenoxy) is 1. The lowest BCUT2D eigenvalue weighted by atomic mass is 10.1. The molecule has 0 aliphatic carbocycles. The third kappa shape index (κ3) is 4.30. The van der Waals surface area contributed by atoms with Crippen LogP contribution in [0.25, 0.3) is 20.8 Å². The molecule has 0 saturated carbocycles. The number of aromatic nitrogens is 1. The van der Waals surface area contributed by atoms with Crippen molar-refractivity contribution in [1.82, 2.24) is 4.98 Å². The van der Waals surface area contributed by atoms with Crippen molar-refractivity contribution in [3.8, 4) is 16.3 Å². The molecule has 5 heteroatoms. The minimum Gasteiger partial charge on any atom is -0.494 e. The number of carbonyl (C=O) groups is 1. The summed E-state index contributed by atoms with van der Waals surface area (Å²) in [5.74, 6) is 0.641. The summed E-state index contributed by atoms with van der Waals surface area (Å²) in [7, 11) is 0. The summed E-state index contributed by atoms with van der Waals surface area (Å²) in [6.07, 6.45) is 0.953. The highest BCUT2D eigenvalue weighted by molar-refractivity contribution is 7.21. The van der Waals surface area contributed by atoms with Crippen molar-refractivity contribution >= 4 is 33.1 Å². The number of nitrogens with zero attached hydrogens (tertiary/aromatic N) is 1. The second kappa shape index (κ2) is 8.45. The number of nitrogens with one attached hydrogen (secondary N) is 1. The number of fused-ring (bicyclic) bond motifs is 1. The molecule has 0 atom stereocenters. The van der Waals surface area contributed by atoms with Crippen molar-refractivity contribution in [3.05, 3.63) is 77.9 Å². The fourth-order valence-corrected chi connectivity index (χ4v) is 4.01. The lowest BCUT2D eigenvalue weighted by Crippen LogP contribution is -2.12. The van der Waals surface area contributed by atoms with Gasteiger partial charge in [-0.05, 0) is 73.5 Å². The molecule has 0 radical (unpaired) electrons. The lowest BCUT2D eigenvalue weighted by Gasteiger charge is -2.10. The van der Waals surface area contributed by atoms with Crippen LogP contribution in [0.5, 0.6) is 5.75 Å². The van der Waals surface area contributed by atoms with E-state index >= 15 is 0 Å². The van der Waals surface area contributed by atoms with Crippen LogP contribution in [0.4, 0.5) is 5.69 Å². The van der Waals surface area contributed by atoms with Crippen molar-refractivity contribution in [2.24, 2.45) is 0 Å². The number of aryl methyl sites for hydroxylation is 1. The summed E-state index contributed by atoms with van der Waals surface area (Å²) in [5, 5.41) is 3.98. The summed E-state index contributed by atoms with van der Waals surface area (Å²) in [5.41, 5.74) is 4.46. The quantitative estimate of drug-likeness (QED) is 0.411. The Morgan fingerprint density at radius 1 is 1.07 bits per heavy atom. The van der Waals surface area contributed by atoms with Gasteiger partial charge in [0.15, 0.2) is 0 Å². The zero-order chi connectivity index (χ0) is 20.2. The van der Waals surface area contributed by atoms with E-state index in [1.165, 1.54) is 4.70 Å². The van der Waals surface area contributed by atoms with Crippen molar-refractivity contribution in [1.29, 1.82) is 0 Å². The molecule has 0 aliphatic rings. The molecule has 0 spiro atoms. The molecule has 1 aromatic heterocycles. The van der Waals surface area contributed by atoms with Gasteiger partial charge in [0.1, 0.15) is 10.8 Å². The van der Waals surface area contributed by atoms with Crippen molar-refractivity contribution in [2.75, 3.05) is 11.9 Å². The van der Waals surface area contributed by atoms with Gasteiger partial charge in [0.25, 0.3) is 5.91 Å². The van der Waals surface area contributed by atoms with Gasteiger partial charge < -0.3 is 10.1 Å². The van der Waals surface area contributed by atoms with Gasteiger partial charge in [0.2, 0.25) is 0 Å². The monoisotopic (exact) mass is 402 g/mol. The summed E-state index contributed by atoms with van der Waals surface area (Å²) in [4.78, 5) is 17.3. The Morgan fingerprint density at radius 2 is 1.86 bits per heavy atom. The molecule has 29 heavy (non-hydrogen) atoms. The Kier molecular flexibility index (Phi) is 5.58. The van der Waals surface area contributed by atoms with Crippen molar-refractivity contribution in [3.63, 3.8) is 0 Å². The molecule has 0 saturated heterocycles. The summed E-state index contributed by atoms with van der Waals surface area (Å²) in [6, 6.07) is 21.3. The van der Waals surface area contributed by atoms with Gasteiger partial charge in [-0.15, -0.1) is 11.3 Å². The fraction of sp³-hybridized carbons (Fsp3) is 0.167. The molecule has 3 aromatic carbocycles. The fourth-order valence-electron chi connectivity index (χ4n) is 3.05. The standard InChI is InChI=1S/C24H22N2O2S/c1-3-14-28-19-11-8-17(9-12-19)23(27)25-20-13-10-18(15-16(20)2)24-26-21-6-4-5-7-22(21)29-24/h4-13,15H,3,14H2,1-2H3,(H,25,27). The summed E-state index contributed by atoms with van der Waals surface area (Å²) in [6.45, 7) is 4.73. The number of benzene rings is 3. The molecular formula is C24H22N2O2S. The van der Waals surface area contributed by atoms with Crippen LogP contribution in [0, 0.1) is 6.92 Å². The SMILES string of the molecule is CCCOc1ccc(C(=O)Nc2ccc(-c3nc4ccccc4s3)cc2C)cc1. The predicted molar refractivity (Wildman–Crippen MR) is 120 cm³/mol. The molecule has 0 unspecified atom stereocenters. The van der Waals surface area contributed by atoms with Crippen LogP contribution in [0.2, 0.25) is 0 Å². The zero-order valence-corrected chi connectivity index (χ0v) is 17.3. The van der Waals surface area contributed by atoms with E-state index in [9.17, 15) is 4.79 Å². The van der Waals surface area contributed by atoms with Gasteiger partial charge in [-0.3, -0.25) is 4.79 Å². The maximum absolute atomic E-state index is 12.6. The Morgan fingerprint density at radius 3 is 2.59 bits per heavy atom. The van der Waals surface area contributed by atoms with E-state index in [-0.39, 0.29) is 5.91 Å². The first-order valence-corrected chi connectivity index (χ1v) is 10.5. The molecule has 1 amide bonds. The highest BCUT2D eigenvalue weighted by Gasteiger charge is 2.11.